The predicted octanol–water partition coefficient (Wildman–Crippen LogP) is -0.0163. The summed E-state index contributed by atoms with van der Waals surface area (Å²) in [6.45, 7) is 1.37. The van der Waals surface area contributed by atoms with Crippen LogP contribution in [0.3, 0.4) is 0 Å². The van der Waals surface area contributed by atoms with Crippen LogP contribution in [0.4, 0.5) is 11.4 Å². The Balaban J connectivity index is 1.83. The number of primary amides is 1. The minimum Gasteiger partial charge on any atom is -0.378 e. The molecule has 0 aromatic heterocycles. The van der Waals surface area contributed by atoms with Crippen LogP contribution in [-0.2, 0) is 9.59 Å². The second-order valence-corrected chi connectivity index (χ2v) is 5.00. The number of carbonyl (C=O) groups excluding carboxylic acids is 2. The van der Waals surface area contributed by atoms with Crippen LogP contribution in [0, 0.1) is 5.92 Å². The maximum Gasteiger partial charge on any atom is 0.257 e. The molecule has 1 fully saturated rings. The third-order valence-electron chi connectivity index (χ3n) is 3.79. The standard InChI is InChI=1S/C13H15N3O3/c14-12(18)7-3-4-16(6-7)8-1-2-9-10(5-8)15-13(19)11(9)17/h1-2,5,7,11,17H,3-4,6H2,(H2,14,18)(H,15,19). The molecule has 0 bridgehead atoms. The van der Waals surface area contributed by atoms with Gasteiger partial charge < -0.3 is 21.1 Å². The van der Waals surface area contributed by atoms with Crippen molar-refractivity contribution in [1.29, 1.82) is 0 Å². The molecule has 6 heteroatoms. The first kappa shape index (κ1) is 12.0. The molecule has 1 saturated heterocycles. The number of amides is 2. The zero-order valence-electron chi connectivity index (χ0n) is 10.3. The highest BCUT2D eigenvalue weighted by molar-refractivity contribution is 6.02. The number of rotatable bonds is 2. The summed E-state index contributed by atoms with van der Waals surface area (Å²) in [6.07, 6.45) is -0.331. The van der Waals surface area contributed by atoms with Gasteiger partial charge in [0, 0.05) is 30.0 Å². The number of hydrogen-bond acceptors (Lipinski definition) is 4. The van der Waals surface area contributed by atoms with Gasteiger partial charge in [-0.1, -0.05) is 6.07 Å². The first-order chi connectivity index (χ1) is 9.06. The smallest absolute Gasteiger partial charge is 0.257 e. The van der Waals surface area contributed by atoms with Crippen LogP contribution in [0.15, 0.2) is 18.2 Å². The number of carbonyl (C=O) groups is 2. The van der Waals surface area contributed by atoms with Crippen LogP contribution in [0.1, 0.15) is 18.1 Å². The summed E-state index contributed by atoms with van der Waals surface area (Å²) < 4.78 is 0. The topological polar surface area (TPSA) is 95.7 Å². The largest absolute Gasteiger partial charge is 0.378 e. The highest BCUT2D eigenvalue weighted by Gasteiger charge is 2.31. The number of fused-ring (bicyclic) bond motifs is 1. The Hall–Kier alpha value is -2.08. The fourth-order valence-electron chi connectivity index (χ4n) is 2.66. The van der Waals surface area contributed by atoms with Gasteiger partial charge in [-0.05, 0) is 18.6 Å². The first-order valence-corrected chi connectivity index (χ1v) is 6.23. The number of aliphatic hydroxyl groups excluding tert-OH is 1. The van der Waals surface area contributed by atoms with E-state index in [0.717, 1.165) is 18.7 Å². The fraction of sp³-hybridized carbons (Fsp3) is 0.385. The van der Waals surface area contributed by atoms with Gasteiger partial charge in [0.05, 0.1) is 5.92 Å². The van der Waals surface area contributed by atoms with E-state index in [1.54, 1.807) is 6.07 Å². The van der Waals surface area contributed by atoms with Crippen LogP contribution in [0.5, 0.6) is 0 Å². The van der Waals surface area contributed by atoms with Crippen LogP contribution < -0.4 is 16.0 Å². The van der Waals surface area contributed by atoms with Crippen molar-refractivity contribution in [1.82, 2.24) is 0 Å². The third-order valence-corrected chi connectivity index (χ3v) is 3.79. The summed E-state index contributed by atoms with van der Waals surface area (Å²) in [4.78, 5) is 24.6. The lowest BCUT2D eigenvalue weighted by Crippen LogP contribution is -2.27. The van der Waals surface area contributed by atoms with E-state index in [1.165, 1.54) is 0 Å². The molecule has 2 unspecified atom stereocenters. The molecule has 1 aromatic rings. The highest BCUT2D eigenvalue weighted by Crippen LogP contribution is 2.35. The quantitative estimate of drug-likeness (QED) is 0.697. The third kappa shape index (κ3) is 1.94. The summed E-state index contributed by atoms with van der Waals surface area (Å²) in [5.74, 6) is -0.788. The van der Waals surface area contributed by atoms with E-state index in [-0.39, 0.29) is 11.8 Å². The molecule has 2 heterocycles. The Morgan fingerprint density at radius 3 is 2.95 bits per heavy atom. The average molecular weight is 261 g/mol. The van der Waals surface area contributed by atoms with Gasteiger partial charge in [-0.25, -0.2) is 0 Å². The lowest BCUT2D eigenvalue weighted by Gasteiger charge is -2.19. The lowest BCUT2D eigenvalue weighted by atomic mass is 10.1. The molecule has 0 radical (unpaired) electrons. The van der Waals surface area contributed by atoms with Crippen LogP contribution in [0.2, 0.25) is 0 Å². The number of nitrogens with two attached hydrogens (primary N) is 1. The number of benzene rings is 1. The maximum absolute atomic E-state index is 11.4. The van der Waals surface area contributed by atoms with E-state index in [9.17, 15) is 14.7 Å². The van der Waals surface area contributed by atoms with E-state index in [0.29, 0.717) is 17.8 Å². The summed E-state index contributed by atoms with van der Waals surface area (Å²) in [6, 6.07) is 5.42. The molecule has 0 saturated carbocycles. The van der Waals surface area contributed by atoms with Crippen molar-refractivity contribution in [3.05, 3.63) is 23.8 Å². The number of anilines is 2. The Bertz CT molecular complexity index is 558. The van der Waals surface area contributed by atoms with Crippen molar-refractivity contribution in [2.45, 2.75) is 12.5 Å². The molecule has 2 atom stereocenters. The molecule has 2 aliphatic rings. The van der Waals surface area contributed by atoms with Gasteiger partial charge in [0.1, 0.15) is 0 Å². The summed E-state index contributed by atoms with van der Waals surface area (Å²) >= 11 is 0. The van der Waals surface area contributed by atoms with Gasteiger partial charge in [0.25, 0.3) is 5.91 Å². The Morgan fingerprint density at radius 2 is 2.26 bits per heavy atom. The molecule has 4 N–H and O–H groups in total. The molecule has 0 aliphatic carbocycles. The lowest BCUT2D eigenvalue weighted by molar-refractivity contribution is -0.123. The summed E-state index contributed by atoms with van der Waals surface area (Å²) in [5, 5.41) is 12.3. The van der Waals surface area contributed by atoms with E-state index < -0.39 is 12.0 Å². The number of nitrogens with zero attached hydrogens (tertiary/aromatic N) is 1. The molecule has 19 heavy (non-hydrogen) atoms. The van der Waals surface area contributed by atoms with E-state index >= 15 is 0 Å². The second kappa shape index (κ2) is 4.24. The summed E-state index contributed by atoms with van der Waals surface area (Å²) in [7, 11) is 0. The molecule has 0 spiro atoms. The number of aliphatic hydroxyl groups is 1. The fourth-order valence-corrected chi connectivity index (χ4v) is 2.66. The predicted molar refractivity (Wildman–Crippen MR) is 69.5 cm³/mol. The summed E-state index contributed by atoms with van der Waals surface area (Å²) in [5.41, 5.74) is 7.47. The van der Waals surface area contributed by atoms with Crippen molar-refractivity contribution in [2.75, 3.05) is 23.3 Å². The van der Waals surface area contributed by atoms with Crippen molar-refractivity contribution < 1.29 is 14.7 Å². The zero-order chi connectivity index (χ0) is 13.6. The molecule has 1 aromatic carbocycles. The zero-order valence-corrected chi connectivity index (χ0v) is 10.3. The van der Waals surface area contributed by atoms with Crippen molar-refractivity contribution >= 4 is 23.2 Å². The number of hydrogen-bond donors (Lipinski definition) is 3. The van der Waals surface area contributed by atoms with Crippen molar-refractivity contribution in [3.8, 4) is 0 Å². The minimum atomic E-state index is -1.08. The molecular formula is C13H15N3O3. The second-order valence-electron chi connectivity index (χ2n) is 5.00. The first-order valence-electron chi connectivity index (χ1n) is 6.23. The average Bonchev–Trinajstić information content (AvgIpc) is 2.96. The highest BCUT2D eigenvalue weighted by atomic mass is 16.3. The van der Waals surface area contributed by atoms with E-state index in [4.69, 9.17) is 5.73 Å². The van der Waals surface area contributed by atoms with E-state index in [1.807, 2.05) is 12.1 Å². The Morgan fingerprint density at radius 1 is 1.47 bits per heavy atom. The van der Waals surface area contributed by atoms with Gasteiger partial charge in [0.2, 0.25) is 5.91 Å². The van der Waals surface area contributed by atoms with Gasteiger partial charge in [-0.2, -0.15) is 0 Å². The monoisotopic (exact) mass is 261 g/mol. The molecule has 6 nitrogen and oxygen atoms in total. The molecule has 2 aliphatic heterocycles. The Labute approximate surface area is 110 Å². The van der Waals surface area contributed by atoms with Gasteiger partial charge in [-0.3, -0.25) is 9.59 Å². The minimum absolute atomic E-state index is 0.117. The Kier molecular flexibility index (Phi) is 2.67. The SMILES string of the molecule is NC(=O)C1CCN(c2ccc3c(c2)NC(=O)C3O)C1. The van der Waals surface area contributed by atoms with Gasteiger partial charge >= 0.3 is 0 Å². The van der Waals surface area contributed by atoms with Crippen LogP contribution in [-0.4, -0.2) is 30.0 Å². The number of nitrogens with one attached hydrogen (secondary N) is 1. The van der Waals surface area contributed by atoms with Crippen molar-refractivity contribution in [2.24, 2.45) is 11.7 Å². The molecule has 3 rings (SSSR count). The maximum atomic E-state index is 11.4. The normalized spacial score (nSPS) is 25.3. The van der Waals surface area contributed by atoms with Gasteiger partial charge in [-0.15, -0.1) is 0 Å². The molecule has 2 amide bonds. The van der Waals surface area contributed by atoms with Gasteiger partial charge in [0.15, 0.2) is 6.10 Å². The molecular weight excluding hydrogens is 246 g/mol. The van der Waals surface area contributed by atoms with Crippen LogP contribution in [0.25, 0.3) is 0 Å². The van der Waals surface area contributed by atoms with Crippen molar-refractivity contribution in [3.63, 3.8) is 0 Å². The van der Waals surface area contributed by atoms with Crippen LogP contribution >= 0.6 is 0 Å². The molecule has 100 valence electrons. The van der Waals surface area contributed by atoms with E-state index in [2.05, 4.69) is 10.2 Å².